The van der Waals surface area contributed by atoms with Crippen molar-refractivity contribution >= 4 is 10.0 Å². The lowest BCUT2D eigenvalue weighted by Gasteiger charge is -2.27. The molecular formula is C9H19N3O2S. The normalized spacial score (nSPS) is 29.5. The maximum atomic E-state index is 11.9. The Hall–Kier alpha value is -0.170. The molecule has 0 aromatic heterocycles. The molecule has 0 aliphatic carbocycles. The zero-order chi connectivity index (χ0) is 10.7. The van der Waals surface area contributed by atoms with Gasteiger partial charge in [-0.25, -0.2) is 13.4 Å². The van der Waals surface area contributed by atoms with Gasteiger partial charge in [0.2, 0.25) is 10.0 Å². The SMILES string of the molecule is O=S(=O)(NN1CCCCC1)C1CCNC1. The Bertz CT molecular complexity index is 292. The molecule has 0 bridgehead atoms. The van der Waals surface area contributed by atoms with Crippen molar-refractivity contribution in [2.75, 3.05) is 26.2 Å². The minimum Gasteiger partial charge on any atom is -0.315 e. The predicted molar refractivity (Wildman–Crippen MR) is 58.8 cm³/mol. The van der Waals surface area contributed by atoms with Gasteiger partial charge < -0.3 is 5.32 Å². The Morgan fingerprint density at radius 2 is 1.93 bits per heavy atom. The molecule has 0 saturated carbocycles. The molecule has 88 valence electrons. The smallest absolute Gasteiger partial charge is 0.228 e. The Labute approximate surface area is 91.2 Å². The van der Waals surface area contributed by atoms with Crippen LogP contribution in [0.3, 0.4) is 0 Å². The number of hydrazine groups is 1. The van der Waals surface area contributed by atoms with Crippen LogP contribution in [0.4, 0.5) is 0 Å². The van der Waals surface area contributed by atoms with Crippen molar-refractivity contribution in [1.29, 1.82) is 0 Å². The third kappa shape index (κ3) is 2.90. The van der Waals surface area contributed by atoms with E-state index in [2.05, 4.69) is 10.1 Å². The summed E-state index contributed by atoms with van der Waals surface area (Å²) >= 11 is 0. The van der Waals surface area contributed by atoms with E-state index < -0.39 is 10.0 Å². The van der Waals surface area contributed by atoms with Crippen molar-refractivity contribution in [2.24, 2.45) is 0 Å². The molecule has 2 saturated heterocycles. The quantitative estimate of drug-likeness (QED) is 0.700. The molecule has 0 aromatic carbocycles. The van der Waals surface area contributed by atoms with Gasteiger partial charge in [-0.05, 0) is 25.8 Å². The highest BCUT2D eigenvalue weighted by Crippen LogP contribution is 2.11. The predicted octanol–water partition coefficient (Wildman–Crippen LogP) is -0.331. The van der Waals surface area contributed by atoms with Crippen LogP contribution in [-0.2, 0) is 10.0 Å². The molecule has 5 nitrogen and oxygen atoms in total. The monoisotopic (exact) mass is 233 g/mol. The van der Waals surface area contributed by atoms with E-state index in [0.29, 0.717) is 6.54 Å². The summed E-state index contributed by atoms with van der Waals surface area (Å²) in [5, 5.41) is 4.67. The molecule has 2 aliphatic heterocycles. The van der Waals surface area contributed by atoms with E-state index >= 15 is 0 Å². The van der Waals surface area contributed by atoms with E-state index in [1.165, 1.54) is 6.42 Å². The van der Waals surface area contributed by atoms with Crippen LogP contribution in [0.5, 0.6) is 0 Å². The maximum Gasteiger partial charge on any atom is 0.228 e. The lowest BCUT2D eigenvalue weighted by atomic mass is 10.2. The first-order valence-electron chi connectivity index (χ1n) is 5.65. The molecule has 2 fully saturated rings. The minimum absolute atomic E-state index is 0.251. The van der Waals surface area contributed by atoms with Gasteiger partial charge >= 0.3 is 0 Å². The van der Waals surface area contributed by atoms with Crippen molar-refractivity contribution in [1.82, 2.24) is 15.2 Å². The van der Waals surface area contributed by atoms with E-state index in [-0.39, 0.29) is 5.25 Å². The fourth-order valence-corrected chi connectivity index (χ4v) is 3.59. The van der Waals surface area contributed by atoms with Crippen LogP contribution in [0, 0.1) is 0 Å². The van der Waals surface area contributed by atoms with Crippen LogP contribution in [-0.4, -0.2) is 44.9 Å². The number of piperidine rings is 1. The van der Waals surface area contributed by atoms with Gasteiger partial charge in [0.15, 0.2) is 0 Å². The molecule has 1 unspecified atom stereocenters. The van der Waals surface area contributed by atoms with Crippen LogP contribution < -0.4 is 10.1 Å². The molecule has 2 heterocycles. The summed E-state index contributed by atoms with van der Waals surface area (Å²) in [5.41, 5.74) is 0. The molecule has 0 radical (unpaired) electrons. The summed E-state index contributed by atoms with van der Waals surface area (Å²) in [4.78, 5) is 2.70. The fraction of sp³-hybridized carbons (Fsp3) is 1.00. The van der Waals surface area contributed by atoms with Gasteiger partial charge in [-0.15, -0.1) is 4.83 Å². The van der Waals surface area contributed by atoms with Crippen LogP contribution in [0.15, 0.2) is 0 Å². The molecular weight excluding hydrogens is 214 g/mol. The highest BCUT2D eigenvalue weighted by molar-refractivity contribution is 7.90. The first kappa shape index (κ1) is 11.3. The van der Waals surface area contributed by atoms with Gasteiger partial charge in [0.25, 0.3) is 0 Å². The molecule has 2 aliphatic rings. The van der Waals surface area contributed by atoms with Crippen molar-refractivity contribution in [2.45, 2.75) is 30.9 Å². The van der Waals surface area contributed by atoms with E-state index in [9.17, 15) is 8.42 Å². The van der Waals surface area contributed by atoms with Gasteiger partial charge in [-0.3, -0.25) is 0 Å². The number of nitrogens with one attached hydrogen (secondary N) is 2. The summed E-state index contributed by atoms with van der Waals surface area (Å²) in [5.74, 6) is 0. The number of sulfonamides is 1. The topological polar surface area (TPSA) is 61.4 Å². The average molecular weight is 233 g/mol. The van der Waals surface area contributed by atoms with Crippen molar-refractivity contribution in [3.63, 3.8) is 0 Å². The van der Waals surface area contributed by atoms with E-state index in [1.54, 1.807) is 0 Å². The van der Waals surface area contributed by atoms with Crippen molar-refractivity contribution in [3.05, 3.63) is 0 Å². The number of hydrogen-bond donors (Lipinski definition) is 2. The van der Waals surface area contributed by atoms with Crippen molar-refractivity contribution < 1.29 is 8.42 Å². The van der Waals surface area contributed by atoms with Crippen LogP contribution in [0.2, 0.25) is 0 Å². The van der Waals surface area contributed by atoms with E-state index in [1.807, 2.05) is 5.01 Å². The number of rotatable bonds is 3. The molecule has 0 amide bonds. The fourth-order valence-electron chi connectivity index (χ4n) is 2.13. The second-order valence-electron chi connectivity index (χ2n) is 4.30. The van der Waals surface area contributed by atoms with Gasteiger partial charge in [0.05, 0.1) is 5.25 Å². The summed E-state index contributed by atoms with van der Waals surface area (Å²) in [6.07, 6.45) is 4.11. The van der Waals surface area contributed by atoms with E-state index in [0.717, 1.165) is 38.9 Å². The van der Waals surface area contributed by atoms with Gasteiger partial charge in [-0.2, -0.15) is 0 Å². The molecule has 0 spiro atoms. The van der Waals surface area contributed by atoms with Crippen LogP contribution in [0.1, 0.15) is 25.7 Å². The Morgan fingerprint density at radius 3 is 2.53 bits per heavy atom. The van der Waals surface area contributed by atoms with Crippen molar-refractivity contribution in [3.8, 4) is 0 Å². The minimum atomic E-state index is -3.15. The third-order valence-corrected chi connectivity index (χ3v) is 4.86. The third-order valence-electron chi connectivity index (χ3n) is 3.07. The zero-order valence-electron chi connectivity index (χ0n) is 8.91. The Kier molecular flexibility index (Phi) is 3.60. The van der Waals surface area contributed by atoms with Crippen LogP contribution in [0.25, 0.3) is 0 Å². The molecule has 15 heavy (non-hydrogen) atoms. The second-order valence-corrected chi connectivity index (χ2v) is 6.24. The first-order chi connectivity index (χ1) is 7.18. The van der Waals surface area contributed by atoms with E-state index in [4.69, 9.17) is 0 Å². The second kappa shape index (κ2) is 4.78. The summed E-state index contributed by atoms with van der Waals surface area (Å²) in [7, 11) is -3.15. The Balaban J connectivity index is 1.90. The Morgan fingerprint density at radius 1 is 1.20 bits per heavy atom. The molecule has 6 heteroatoms. The van der Waals surface area contributed by atoms with Gasteiger partial charge in [-0.1, -0.05) is 6.42 Å². The molecule has 2 rings (SSSR count). The summed E-state index contributed by atoms with van der Waals surface area (Å²) in [6, 6.07) is 0. The standard InChI is InChI=1S/C9H19N3O2S/c13-15(14,9-4-5-10-8-9)11-12-6-2-1-3-7-12/h9-11H,1-8H2. The first-order valence-corrected chi connectivity index (χ1v) is 7.20. The highest BCUT2D eigenvalue weighted by Gasteiger charge is 2.30. The molecule has 2 N–H and O–H groups in total. The van der Waals surface area contributed by atoms with Crippen LogP contribution >= 0.6 is 0 Å². The lowest BCUT2D eigenvalue weighted by Crippen LogP contribution is -2.48. The number of hydrogen-bond acceptors (Lipinski definition) is 4. The lowest BCUT2D eigenvalue weighted by molar-refractivity contribution is 0.199. The summed E-state index contributed by atoms with van der Waals surface area (Å²) < 4.78 is 23.8. The largest absolute Gasteiger partial charge is 0.315 e. The zero-order valence-corrected chi connectivity index (χ0v) is 9.72. The number of nitrogens with zero attached hydrogens (tertiary/aromatic N) is 1. The summed E-state index contributed by atoms with van der Waals surface area (Å²) in [6.45, 7) is 3.09. The van der Waals surface area contributed by atoms with Gasteiger partial charge in [0, 0.05) is 19.6 Å². The maximum absolute atomic E-state index is 11.9. The molecule has 1 atom stereocenters. The highest BCUT2D eigenvalue weighted by atomic mass is 32.2. The average Bonchev–Trinajstić information content (AvgIpc) is 2.71. The molecule has 0 aromatic rings. The van der Waals surface area contributed by atoms with Gasteiger partial charge in [0.1, 0.15) is 0 Å².